The molecule has 2 aromatic heterocycles. The van der Waals surface area contributed by atoms with E-state index < -0.39 is 0 Å². The third-order valence-electron chi connectivity index (χ3n) is 3.07. The van der Waals surface area contributed by atoms with Crippen LogP contribution in [0, 0.1) is 0 Å². The Morgan fingerprint density at radius 2 is 2.18 bits per heavy atom. The SMILES string of the molecule is OC1CCCc2sc(Cc3ccncc3)nc21. The van der Waals surface area contributed by atoms with Gasteiger partial charge < -0.3 is 5.11 Å². The Labute approximate surface area is 104 Å². The lowest BCUT2D eigenvalue weighted by Gasteiger charge is -2.14. The number of nitrogens with zero attached hydrogens (tertiary/aromatic N) is 2. The molecule has 1 N–H and O–H groups in total. The van der Waals surface area contributed by atoms with Crippen molar-refractivity contribution in [1.29, 1.82) is 0 Å². The number of aromatic nitrogens is 2. The van der Waals surface area contributed by atoms with Gasteiger partial charge in [0.2, 0.25) is 0 Å². The van der Waals surface area contributed by atoms with Crippen LogP contribution in [0.1, 0.15) is 40.1 Å². The van der Waals surface area contributed by atoms with Gasteiger partial charge in [0.15, 0.2) is 0 Å². The van der Waals surface area contributed by atoms with Gasteiger partial charge in [0, 0.05) is 23.7 Å². The van der Waals surface area contributed by atoms with Crippen molar-refractivity contribution in [3.05, 3.63) is 45.7 Å². The first-order chi connectivity index (χ1) is 8.33. The van der Waals surface area contributed by atoms with E-state index >= 15 is 0 Å². The quantitative estimate of drug-likeness (QED) is 0.885. The van der Waals surface area contributed by atoms with Gasteiger partial charge in [-0.05, 0) is 37.0 Å². The molecule has 88 valence electrons. The number of aliphatic hydroxyl groups excluding tert-OH is 1. The van der Waals surface area contributed by atoms with Crippen LogP contribution in [0.15, 0.2) is 24.5 Å². The summed E-state index contributed by atoms with van der Waals surface area (Å²) >= 11 is 1.74. The summed E-state index contributed by atoms with van der Waals surface area (Å²) in [6.07, 6.45) is 7.10. The number of aliphatic hydroxyl groups is 1. The number of rotatable bonds is 2. The average molecular weight is 246 g/mol. The van der Waals surface area contributed by atoms with Crippen LogP contribution in [0.3, 0.4) is 0 Å². The van der Waals surface area contributed by atoms with Crippen molar-refractivity contribution < 1.29 is 5.11 Å². The van der Waals surface area contributed by atoms with Gasteiger partial charge in [0.1, 0.15) is 0 Å². The number of fused-ring (bicyclic) bond motifs is 1. The van der Waals surface area contributed by atoms with Crippen LogP contribution in [-0.2, 0) is 12.8 Å². The highest BCUT2D eigenvalue weighted by molar-refractivity contribution is 7.11. The fourth-order valence-corrected chi connectivity index (χ4v) is 3.40. The van der Waals surface area contributed by atoms with Gasteiger partial charge in [0.05, 0.1) is 16.8 Å². The highest BCUT2D eigenvalue weighted by Crippen LogP contribution is 2.33. The minimum atomic E-state index is -0.346. The maximum Gasteiger partial charge on any atom is 0.0976 e. The van der Waals surface area contributed by atoms with E-state index in [4.69, 9.17) is 0 Å². The Hall–Kier alpha value is -1.26. The first-order valence-corrected chi connectivity index (χ1v) is 6.70. The van der Waals surface area contributed by atoms with Crippen LogP contribution >= 0.6 is 11.3 Å². The largest absolute Gasteiger partial charge is 0.387 e. The van der Waals surface area contributed by atoms with E-state index in [1.165, 1.54) is 10.4 Å². The molecule has 0 saturated carbocycles. The molecule has 1 aliphatic carbocycles. The number of hydrogen-bond donors (Lipinski definition) is 1. The third-order valence-corrected chi connectivity index (χ3v) is 4.20. The summed E-state index contributed by atoms with van der Waals surface area (Å²) in [4.78, 5) is 9.85. The van der Waals surface area contributed by atoms with Crippen LogP contribution in [0.5, 0.6) is 0 Å². The molecule has 3 nitrogen and oxygen atoms in total. The summed E-state index contributed by atoms with van der Waals surface area (Å²) < 4.78 is 0. The second-order valence-corrected chi connectivity index (χ2v) is 5.52. The molecule has 4 heteroatoms. The lowest BCUT2D eigenvalue weighted by molar-refractivity contribution is 0.153. The van der Waals surface area contributed by atoms with E-state index in [1.807, 2.05) is 12.1 Å². The molecule has 0 aliphatic heterocycles. The van der Waals surface area contributed by atoms with Crippen LogP contribution in [0.25, 0.3) is 0 Å². The Bertz CT molecular complexity index is 509. The van der Waals surface area contributed by atoms with Crippen molar-refractivity contribution in [2.24, 2.45) is 0 Å². The molecule has 1 atom stereocenters. The molecule has 0 amide bonds. The number of hydrogen-bond acceptors (Lipinski definition) is 4. The topological polar surface area (TPSA) is 46.0 Å². The highest BCUT2D eigenvalue weighted by Gasteiger charge is 2.22. The van der Waals surface area contributed by atoms with Gasteiger partial charge in [0.25, 0.3) is 0 Å². The molecular weight excluding hydrogens is 232 g/mol. The second kappa shape index (κ2) is 4.55. The Morgan fingerprint density at radius 1 is 1.35 bits per heavy atom. The van der Waals surface area contributed by atoms with Crippen molar-refractivity contribution in [3.63, 3.8) is 0 Å². The fraction of sp³-hybridized carbons (Fsp3) is 0.385. The van der Waals surface area contributed by atoms with E-state index in [0.717, 1.165) is 36.4 Å². The monoisotopic (exact) mass is 246 g/mol. The van der Waals surface area contributed by atoms with Crippen molar-refractivity contribution in [2.75, 3.05) is 0 Å². The predicted octanol–water partition coefficient (Wildman–Crippen LogP) is 2.50. The maximum atomic E-state index is 9.87. The van der Waals surface area contributed by atoms with Gasteiger partial charge >= 0.3 is 0 Å². The van der Waals surface area contributed by atoms with Crippen molar-refractivity contribution in [1.82, 2.24) is 9.97 Å². The molecule has 2 aromatic rings. The minimum absolute atomic E-state index is 0.346. The Balaban J connectivity index is 1.85. The molecule has 1 aliphatic rings. The molecule has 3 rings (SSSR count). The smallest absolute Gasteiger partial charge is 0.0976 e. The molecule has 17 heavy (non-hydrogen) atoms. The molecule has 0 spiro atoms. The normalized spacial score (nSPS) is 19.0. The first-order valence-electron chi connectivity index (χ1n) is 5.88. The third kappa shape index (κ3) is 2.23. The zero-order valence-corrected chi connectivity index (χ0v) is 10.3. The molecule has 0 saturated heterocycles. The molecule has 0 radical (unpaired) electrons. The zero-order chi connectivity index (χ0) is 11.7. The molecular formula is C13H14N2OS. The van der Waals surface area contributed by atoms with Crippen LogP contribution in [-0.4, -0.2) is 15.1 Å². The molecule has 2 heterocycles. The van der Waals surface area contributed by atoms with Gasteiger partial charge in [-0.15, -0.1) is 11.3 Å². The van der Waals surface area contributed by atoms with Gasteiger partial charge in [-0.1, -0.05) is 0 Å². The van der Waals surface area contributed by atoms with E-state index in [-0.39, 0.29) is 6.10 Å². The maximum absolute atomic E-state index is 9.87. The molecule has 0 aromatic carbocycles. The molecule has 0 fully saturated rings. The summed E-state index contributed by atoms with van der Waals surface area (Å²) in [5, 5.41) is 11.0. The van der Waals surface area contributed by atoms with E-state index in [9.17, 15) is 5.11 Å². The van der Waals surface area contributed by atoms with Crippen molar-refractivity contribution >= 4 is 11.3 Å². The van der Waals surface area contributed by atoms with E-state index in [2.05, 4.69) is 9.97 Å². The number of aryl methyl sites for hydroxylation is 1. The predicted molar refractivity (Wildman–Crippen MR) is 67.1 cm³/mol. The summed E-state index contributed by atoms with van der Waals surface area (Å²) in [5.74, 6) is 0. The summed E-state index contributed by atoms with van der Waals surface area (Å²) in [6.45, 7) is 0. The van der Waals surface area contributed by atoms with E-state index in [0.29, 0.717) is 0 Å². The summed E-state index contributed by atoms with van der Waals surface area (Å²) in [7, 11) is 0. The van der Waals surface area contributed by atoms with Crippen molar-refractivity contribution in [3.8, 4) is 0 Å². The molecule has 1 unspecified atom stereocenters. The number of thiazole rings is 1. The minimum Gasteiger partial charge on any atom is -0.387 e. The zero-order valence-electron chi connectivity index (χ0n) is 9.47. The fourth-order valence-electron chi connectivity index (χ4n) is 2.20. The molecule has 0 bridgehead atoms. The van der Waals surface area contributed by atoms with Crippen LogP contribution in [0.2, 0.25) is 0 Å². The summed E-state index contributed by atoms with van der Waals surface area (Å²) in [5.41, 5.74) is 2.14. The van der Waals surface area contributed by atoms with Crippen LogP contribution in [0.4, 0.5) is 0 Å². The Morgan fingerprint density at radius 3 is 2.94 bits per heavy atom. The van der Waals surface area contributed by atoms with Crippen LogP contribution < -0.4 is 0 Å². The highest BCUT2D eigenvalue weighted by atomic mass is 32.1. The van der Waals surface area contributed by atoms with Crippen molar-refractivity contribution in [2.45, 2.75) is 31.8 Å². The van der Waals surface area contributed by atoms with E-state index in [1.54, 1.807) is 23.7 Å². The second-order valence-electron chi connectivity index (χ2n) is 4.36. The first kappa shape index (κ1) is 10.9. The lowest BCUT2D eigenvalue weighted by atomic mass is 10.0. The standard InChI is InChI=1S/C13H14N2OS/c16-10-2-1-3-11-13(10)15-12(17-11)8-9-4-6-14-7-5-9/h4-7,10,16H,1-3,8H2. The van der Waals surface area contributed by atoms with Gasteiger partial charge in [-0.3, -0.25) is 4.98 Å². The Kier molecular flexibility index (Phi) is 2.91. The van der Waals surface area contributed by atoms with Gasteiger partial charge in [-0.25, -0.2) is 4.98 Å². The van der Waals surface area contributed by atoms with Gasteiger partial charge in [-0.2, -0.15) is 0 Å². The summed E-state index contributed by atoms with van der Waals surface area (Å²) in [6, 6.07) is 4.02. The average Bonchev–Trinajstić information content (AvgIpc) is 2.74. The lowest BCUT2D eigenvalue weighted by Crippen LogP contribution is -2.07. The number of pyridine rings is 1.